The zero-order valence-corrected chi connectivity index (χ0v) is 11.1. The van der Waals surface area contributed by atoms with Gasteiger partial charge in [-0.25, -0.2) is 4.98 Å². The number of pyridine rings is 1. The standard InChI is InChI=1S/C13H21FN4/c1-11(10-18-8-6-17(2)7-9-18)15-13-5-3-4-12(14)16-13/h3-5,11H,6-10H2,1-2H3,(H,15,16). The normalized spacial score (nSPS) is 19.7. The lowest BCUT2D eigenvalue weighted by molar-refractivity contribution is 0.151. The molecule has 0 amide bonds. The molecule has 5 heteroatoms. The van der Waals surface area contributed by atoms with E-state index in [1.807, 2.05) is 0 Å². The zero-order chi connectivity index (χ0) is 13.0. The summed E-state index contributed by atoms with van der Waals surface area (Å²) in [6, 6.07) is 5.09. The summed E-state index contributed by atoms with van der Waals surface area (Å²) in [5.41, 5.74) is 0. The van der Waals surface area contributed by atoms with Crippen LogP contribution < -0.4 is 5.32 Å². The van der Waals surface area contributed by atoms with Gasteiger partial charge in [0.2, 0.25) is 5.95 Å². The van der Waals surface area contributed by atoms with Crippen molar-refractivity contribution in [2.45, 2.75) is 13.0 Å². The van der Waals surface area contributed by atoms with Crippen LogP contribution in [-0.4, -0.2) is 60.6 Å². The first kappa shape index (κ1) is 13.2. The maximum Gasteiger partial charge on any atom is 0.214 e. The second-order valence-corrected chi connectivity index (χ2v) is 4.99. The van der Waals surface area contributed by atoms with Crippen LogP contribution in [0, 0.1) is 5.95 Å². The number of aromatic nitrogens is 1. The van der Waals surface area contributed by atoms with Gasteiger partial charge < -0.3 is 10.2 Å². The van der Waals surface area contributed by atoms with E-state index in [9.17, 15) is 4.39 Å². The highest BCUT2D eigenvalue weighted by molar-refractivity contribution is 5.34. The van der Waals surface area contributed by atoms with E-state index in [0.29, 0.717) is 5.82 Å². The highest BCUT2D eigenvalue weighted by atomic mass is 19.1. The van der Waals surface area contributed by atoms with E-state index in [1.165, 1.54) is 6.07 Å². The molecular formula is C13H21FN4. The number of nitrogens with one attached hydrogen (secondary N) is 1. The number of rotatable bonds is 4. The lowest BCUT2D eigenvalue weighted by atomic mass is 10.2. The number of likely N-dealkylation sites (N-methyl/N-ethyl adjacent to an activating group) is 1. The van der Waals surface area contributed by atoms with Crippen LogP contribution >= 0.6 is 0 Å². The largest absolute Gasteiger partial charge is 0.366 e. The predicted octanol–water partition coefficient (Wildman–Crippen LogP) is 1.27. The summed E-state index contributed by atoms with van der Waals surface area (Å²) in [6.45, 7) is 7.49. The molecule has 0 aromatic carbocycles. The Morgan fingerprint density at radius 1 is 1.33 bits per heavy atom. The van der Waals surface area contributed by atoms with E-state index >= 15 is 0 Å². The van der Waals surface area contributed by atoms with E-state index in [2.05, 4.69) is 34.1 Å². The Hall–Kier alpha value is -1.20. The van der Waals surface area contributed by atoms with Gasteiger partial charge in [0.25, 0.3) is 0 Å². The Morgan fingerprint density at radius 2 is 2.06 bits per heavy atom. The smallest absolute Gasteiger partial charge is 0.214 e. The number of piperazine rings is 1. The monoisotopic (exact) mass is 252 g/mol. The third kappa shape index (κ3) is 3.92. The third-order valence-corrected chi connectivity index (χ3v) is 3.24. The Kier molecular flexibility index (Phi) is 4.49. The molecule has 1 aromatic heterocycles. The topological polar surface area (TPSA) is 31.4 Å². The molecule has 0 aliphatic carbocycles. The van der Waals surface area contributed by atoms with E-state index in [1.54, 1.807) is 12.1 Å². The molecule has 0 saturated carbocycles. The minimum atomic E-state index is -0.438. The summed E-state index contributed by atoms with van der Waals surface area (Å²) in [5.74, 6) is 0.170. The van der Waals surface area contributed by atoms with Crippen LogP contribution in [0.1, 0.15) is 6.92 Å². The van der Waals surface area contributed by atoms with Gasteiger partial charge >= 0.3 is 0 Å². The van der Waals surface area contributed by atoms with Crippen LogP contribution in [0.4, 0.5) is 10.2 Å². The van der Waals surface area contributed by atoms with E-state index in [4.69, 9.17) is 0 Å². The maximum absolute atomic E-state index is 13.0. The van der Waals surface area contributed by atoms with Crippen LogP contribution in [0.2, 0.25) is 0 Å². The van der Waals surface area contributed by atoms with Crippen molar-refractivity contribution in [2.75, 3.05) is 45.1 Å². The molecule has 2 heterocycles. The van der Waals surface area contributed by atoms with Gasteiger partial charge in [-0.1, -0.05) is 6.07 Å². The number of halogens is 1. The van der Waals surface area contributed by atoms with Gasteiger partial charge in [-0.05, 0) is 26.1 Å². The summed E-state index contributed by atoms with van der Waals surface area (Å²) in [6.07, 6.45) is 0. The summed E-state index contributed by atoms with van der Waals surface area (Å²) in [7, 11) is 2.15. The predicted molar refractivity (Wildman–Crippen MR) is 71.2 cm³/mol. The van der Waals surface area contributed by atoms with Crippen molar-refractivity contribution in [2.24, 2.45) is 0 Å². The maximum atomic E-state index is 13.0. The van der Waals surface area contributed by atoms with Crippen molar-refractivity contribution >= 4 is 5.82 Å². The molecule has 1 saturated heterocycles. The van der Waals surface area contributed by atoms with Gasteiger partial charge in [0.15, 0.2) is 0 Å². The van der Waals surface area contributed by atoms with Crippen molar-refractivity contribution in [3.8, 4) is 0 Å². The van der Waals surface area contributed by atoms with Crippen LogP contribution in [0.3, 0.4) is 0 Å². The van der Waals surface area contributed by atoms with Gasteiger partial charge in [-0.2, -0.15) is 4.39 Å². The fourth-order valence-electron chi connectivity index (χ4n) is 2.20. The zero-order valence-electron chi connectivity index (χ0n) is 11.1. The molecule has 1 unspecified atom stereocenters. The first-order valence-corrected chi connectivity index (χ1v) is 6.43. The number of nitrogens with zero attached hydrogens (tertiary/aromatic N) is 3. The van der Waals surface area contributed by atoms with Crippen molar-refractivity contribution < 1.29 is 4.39 Å². The Morgan fingerprint density at radius 3 is 2.72 bits per heavy atom. The minimum Gasteiger partial charge on any atom is -0.366 e. The molecule has 1 aliphatic heterocycles. The van der Waals surface area contributed by atoms with Crippen molar-refractivity contribution in [3.63, 3.8) is 0 Å². The molecule has 1 atom stereocenters. The van der Waals surface area contributed by atoms with Gasteiger partial charge in [0, 0.05) is 38.8 Å². The number of hydrogen-bond donors (Lipinski definition) is 1. The molecule has 2 rings (SSSR count). The van der Waals surface area contributed by atoms with Crippen LogP contribution in [-0.2, 0) is 0 Å². The second-order valence-electron chi connectivity index (χ2n) is 4.99. The fourth-order valence-corrected chi connectivity index (χ4v) is 2.20. The van der Waals surface area contributed by atoms with Gasteiger partial charge in [0.05, 0.1) is 0 Å². The molecule has 1 aromatic rings. The fraction of sp³-hybridized carbons (Fsp3) is 0.615. The molecule has 1 fully saturated rings. The third-order valence-electron chi connectivity index (χ3n) is 3.24. The van der Waals surface area contributed by atoms with Crippen LogP contribution in [0.25, 0.3) is 0 Å². The summed E-state index contributed by atoms with van der Waals surface area (Å²) >= 11 is 0. The Labute approximate surface area is 108 Å². The van der Waals surface area contributed by atoms with E-state index in [0.717, 1.165) is 32.7 Å². The molecule has 0 bridgehead atoms. The molecule has 100 valence electrons. The molecular weight excluding hydrogens is 231 g/mol. The van der Waals surface area contributed by atoms with Crippen molar-refractivity contribution in [1.82, 2.24) is 14.8 Å². The highest BCUT2D eigenvalue weighted by Crippen LogP contribution is 2.07. The van der Waals surface area contributed by atoms with Crippen LogP contribution in [0.5, 0.6) is 0 Å². The van der Waals surface area contributed by atoms with Gasteiger partial charge in [-0.15, -0.1) is 0 Å². The second kappa shape index (κ2) is 6.11. The lowest BCUT2D eigenvalue weighted by Crippen LogP contribution is -2.47. The first-order chi connectivity index (χ1) is 8.63. The first-order valence-electron chi connectivity index (χ1n) is 6.43. The molecule has 1 aliphatic rings. The molecule has 0 spiro atoms. The molecule has 1 N–H and O–H groups in total. The van der Waals surface area contributed by atoms with Gasteiger partial charge in [-0.3, -0.25) is 4.90 Å². The van der Waals surface area contributed by atoms with Crippen molar-refractivity contribution in [3.05, 3.63) is 24.1 Å². The summed E-state index contributed by atoms with van der Waals surface area (Å²) in [4.78, 5) is 8.58. The molecule has 18 heavy (non-hydrogen) atoms. The molecule has 4 nitrogen and oxygen atoms in total. The number of hydrogen-bond acceptors (Lipinski definition) is 4. The van der Waals surface area contributed by atoms with E-state index in [-0.39, 0.29) is 6.04 Å². The van der Waals surface area contributed by atoms with Crippen LogP contribution in [0.15, 0.2) is 18.2 Å². The minimum absolute atomic E-state index is 0.266. The molecule has 0 radical (unpaired) electrons. The van der Waals surface area contributed by atoms with E-state index < -0.39 is 5.95 Å². The van der Waals surface area contributed by atoms with Gasteiger partial charge in [0.1, 0.15) is 5.82 Å². The summed E-state index contributed by atoms with van der Waals surface area (Å²) < 4.78 is 13.0. The quantitative estimate of drug-likeness (QED) is 0.818. The Bertz CT molecular complexity index is 377. The summed E-state index contributed by atoms with van der Waals surface area (Å²) in [5, 5.41) is 3.23. The highest BCUT2D eigenvalue weighted by Gasteiger charge is 2.16. The Balaban J connectivity index is 1.80. The average molecular weight is 252 g/mol. The SMILES string of the molecule is CC(CN1CCN(C)CC1)Nc1cccc(F)n1. The van der Waals surface area contributed by atoms with Crippen molar-refractivity contribution in [1.29, 1.82) is 0 Å². The lowest BCUT2D eigenvalue weighted by Gasteiger charge is -2.34. The average Bonchev–Trinajstić information content (AvgIpc) is 2.32. The number of anilines is 1.